The average Bonchev–Trinajstić information content (AvgIpc) is 2.81. The van der Waals surface area contributed by atoms with E-state index in [4.69, 9.17) is 5.73 Å². The fourth-order valence-corrected chi connectivity index (χ4v) is 1.60. The van der Waals surface area contributed by atoms with Gasteiger partial charge < -0.3 is 35.3 Å². The molecule has 1 aliphatic rings. The van der Waals surface area contributed by atoms with E-state index in [0.717, 1.165) is 27.1 Å². The van der Waals surface area contributed by atoms with Crippen molar-refractivity contribution in [3.05, 3.63) is 64.4 Å². The minimum absolute atomic E-state index is 0. The minimum atomic E-state index is -0.614. The van der Waals surface area contributed by atoms with Crippen LogP contribution in [0.1, 0.15) is 34.8 Å². The molecule has 1 aromatic rings. The van der Waals surface area contributed by atoms with E-state index in [2.05, 4.69) is 32.2 Å². The summed E-state index contributed by atoms with van der Waals surface area (Å²) >= 11 is 0. The van der Waals surface area contributed by atoms with Gasteiger partial charge in [0.1, 0.15) is 0 Å². The third kappa shape index (κ3) is 16.3. The minimum Gasteiger partial charge on any atom is -1.00 e. The van der Waals surface area contributed by atoms with E-state index in [9.17, 15) is 4.79 Å². The van der Waals surface area contributed by atoms with Crippen LogP contribution in [-0.4, -0.2) is 15.4 Å². The first-order valence-corrected chi connectivity index (χ1v) is 9.03. The number of carbonyl (C=O) groups excluding carboxylic acids is 1. The van der Waals surface area contributed by atoms with E-state index in [1.54, 1.807) is 12.1 Å². The molecule has 1 amide bonds. The number of hydrogen-bond donors (Lipinski definition) is 0. The normalized spacial score (nSPS) is 10.2. The van der Waals surface area contributed by atoms with Crippen molar-refractivity contribution in [3.8, 4) is 0 Å². The first kappa shape index (κ1) is 30.6. The van der Waals surface area contributed by atoms with Crippen LogP contribution < -0.4 is 24.8 Å². The number of halogens is 2. The molecule has 0 saturated carbocycles. The molecule has 0 aliphatic heterocycles. The van der Waals surface area contributed by atoms with Gasteiger partial charge in [-0.3, -0.25) is 6.08 Å². The summed E-state index contributed by atoms with van der Waals surface area (Å²) in [4.78, 5) is 10.6. The second kappa shape index (κ2) is 18.0. The van der Waals surface area contributed by atoms with Gasteiger partial charge in [0.15, 0.2) is 0 Å². The second-order valence-electron chi connectivity index (χ2n) is 4.78. The Labute approximate surface area is 170 Å². The quantitative estimate of drug-likeness (QED) is 0.424. The van der Waals surface area contributed by atoms with E-state index in [1.807, 2.05) is 26.0 Å². The molecule has 0 heterocycles. The van der Waals surface area contributed by atoms with Gasteiger partial charge in [-0.2, -0.15) is 6.08 Å². The Balaban J connectivity index is -0.000000130. The number of benzene rings is 1. The maximum Gasteiger partial charge on any atom is 4.00 e. The van der Waals surface area contributed by atoms with Crippen LogP contribution in [0.3, 0.4) is 0 Å². The van der Waals surface area contributed by atoms with Gasteiger partial charge in [-0.1, -0.05) is 42.4 Å². The summed E-state index contributed by atoms with van der Waals surface area (Å²) in [5, 5.41) is 0. The molecule has 0 bridgehead atoms. The van der Waals surface area contributed by atoms with Gasteiger partial charge in [0, 0.05) is 9.52 Å². The molecule has 0 atom stereocenters. The molecule has 1 radical (unpaired) electrons. The van der Waals surface area contributed by atoms with Crippen LogP contribution in [-0.2, 0) is 21.7 Å². The standard InChI is InChI=1S/C9H11NO.C6H7.C2H7Si.2ClH.Ti/c1-6-3-7(2)5-8(4-6)9(10)11;1-6-4-2-3-5-6;1-3-2;;;/h3-5H,1-2H3,(H2,10,11);4-5H,2H2,1H3;3H,1-2H3;2*1H;/q;-1;;;;+4/p-3. The molecule has 0 saturated heterocycles. The summed E-state index contributed by atoms with van der Waals surface area (Å²) in [6, 6.07) is 5.43. The molecule has 6 heteroatoms. The zero-order valence-corrected chi connectivity index (χ0v) is 18.6. The predicted octanol–water partition coefficient (Wildman–Crippen LogP) is -1.28. The number of aryl methyl sites for hydroxylation is 2. The summed E-state index contributed by atoms with van der Waals surface area (Å²) in [7, 11) is 0.750. The van der Waals surface area contributed by atoms with E-state index >= 15 is 0 Å². The molecular weight excluding hydrogens is 381 g/mol. The van der Waals surface area contributed by atoms with Crippen molar-refractivity contribution in [3.63, 3.8) is 0 Å². The zero-order chi connectivity index (χ0) is 15.5. The smallest absolute Gasteiger partial charge is 1.00 e. The van der Waals surface area contributed by atoms with Crippen molar-refractivity contribution < 1.29 is 51.3 Å². The first-order valence-electron chi connectivity index (χ1n) is 6.72. The molecule has 1 aromatic carbocycles. The van der Waals surface area contributed by atoms with Crippen molar-refractivity contribution in [2.45, 2.75) is 40.3 Å². The van der Waals surface area contributed by atoms with Gasteiger partial charge in [0.2, 0.25) is 0 Å². The number of hydrogen-bond acceptors (Lipinski definition) is 1. The summed E-state index contributed by atoms with van der Waals surface area (Å²) in [6.07, 6.45) is 8.24. The van der Waals surface area contributed by atoms with Crippen molar-refractivity contribution in [1.29, 1.82) is 0 Å². The van der Waals surface area contributed by atoms with E-state index in [1.165, 1.54) is 5.57 Å². The third-order valence-electron chi connectivity index (χ3n) is 2.36. The molecule has 0 aromatic heterocycles. The number of allylic oxidation sites excluding steroid dienone is 4. The fourth-order valence-electron chi connectivity index (χ4n) is 1.60. The Bertz CT molecular complexity index is 482. The molecule has 2 rings (SSSR count). The summed E-state index contributed by atoms with van der Waals surface area (Å²) in [5.74, 6) is -0.614. The monoisotopic (exact) mass is 404 g/mol. The molecule has 1 N–H and O–H groups in total. The van der Waals surface area contributed by atoms with Gasteiger partial charge in [0.25, 0.3) is 0 Å². The molecule has 125 valence electrons. The van der Waals surface area contributed by atoms with Crippen LogP contribution in [0, 0.1) is 19.9 Å². The average molecular weight is 405 g/mol. The first-order chi connectivity index (χ1) is 9.40. The Hall–Kier alpha value is -0.319. The number of nitrogens with one attached hydrogen (secondary N) is 1. The summed E-state index contributed by atoms with van der Waals surface area (Å²) in [5.41, 5.74) is 10.7. The maximum atomic E-state index is 10.6. The van der Waals surface area contributed by atoms with E-state index in [-0.39, 0.29) is 46.5 Å². The van der Waals surface area contributed by atoms with Gasteiger partial charge >= 0.3 is 21.7 Å². The van der Waals surface area contributed by atoms with Gasteiger partial charge in [-0.15, -0.1) is 13.3 Å². The van der Waals surface area contributed by atoms with Crippen LogP contribution in [0.25, 0.3) is 5.73 Å². The van der Waals surface area contributed by atoms with Gasteiger partial charge in [-0.25, -0.2) is 11.6 Å². The Morgan fingerprint density at radius 1 is 1.09 bits per heavy atom. The molecule has 0 spiro atoms. The molecule has 0 fully saturated rings. The Morgan fingerprint density at radius 2 is 1.52 bits per heavy atom. The van der Waals surface area contributed by atoms with Crippen LogP contribution in [0.15, 0.2) is 35.9 Å². The Morgan fingerprint density at radius 3 is 1.74 bits per heavy atom. The van der Waals surface area contributed by atoms with Gasteiger partial charge in [0.05, 0.1) is 5.91 Å². The topological polar surface area (TPSA) is 40.9 Å². The maximum absolute atomic E-state index is 10.6. The zero-order valence-electron chi connectivity index (χ0n) is 14.3. The fraction of sp³-hybridized carbons (Fsp3) is 0.353. The van der Waals surface area contributed by atoms with Crippen molar-refractivity contribution >= 4 is 15.4 Å². The SMILES string of the molecule is CC1=CC[C-]=C1.C[SiH]C.Cc1cc(C)cc(C([NH-])=O)c1.[Cl-].[Cl-].[Ti+4]. The van der Waals surface area contributed by atoms with Crippen molar-refractivity contribution in [1.82, 2.24) is 0 Å². The number of rotatable bonds is 1. The largest absolute Gasteiger partial charge is 4.00 e. The molecule has 23 heavy (non-hydrogen) atoms. The van der Waals surface area contributed by atoms with E-state index < -0.39 is 5.91 Å². The van der Waals surface area contributed by atoms with Gasteiger partial charge in [-0.05, 0) is 19.4 Å². The van der Waals surface area contributed by atoms with Crippen molar-refractivity contribution in [2.24, 2.45) is 0 Å². The number of amides is 1. The van der Waals surface area contributed by atoms with Crippen LogP contribution in [0.5, 0.6) is 0 Å². The van der Waals surface area contributed by atoms with Crippen LogP contribution in [0.4, 0.5) is 0 Å². The van der Waals surface area contributed by atoms with E-state index in [0.29, 0.717) is 5.56 Å². The summed E-state index contributed by atoms with van der Waals surface area (Å²) < 4.78 is 0. The molecule has 2 nitrogen and oxygen atoms in total. The van der Waals surface area contributed by atoms with Crippen LogP contribution in [0.2, 0.25) is 13.1 Å². The Kier molecular flexibility index (Phi) is 23.9. The molecule has 1 aliphatic carbocycles. The second-order valence-corrected chi connectivity index (χ2v) is 5.94. The number of carbonyl (C=O) groups is 1. The molecular formula is C17H24Cl2NOSiTi. The third-order valence-corrected chi connectivity index (χ3v) is 2.36. The summed E-state index contributed by atoms with van der Waals surface area (Å²) in [6.45, 7) is 10.3. The predicted molar refractivity (Wildman–Crippen MR) is 89.6 cm³/mol. The van der Waals surface area contributed by atoms with Crippen molar-refractivity contribution in [2.75, 3.05) is 0 Å². The molecule has 0 unspecified atom stereocenters. The van der Waals surface area contributed by atoms with Crippen LogP contribution >= 0.6 is 0 Å².